The second-order valence-corrected chi connectivity index (χ2v) is 10.3. The number of aryl methyl sites for hydroxylation is 2. The van der Waals surface area contributed by atoms with E-state index >= 15 is 0 Å². The van der Waals surface area contributed by atoms with E-state index in [4.69, 9.17) is 4.74 Å². The van der Waals surface area contributed by atoms with Gasteiger partial charge in [0.1, 0.15) is 18.1 Å². The van der Waals surface area contributed by atoms with Crippen LogP contribution in [0.15, 0.2) is 42.5 Å². The average molecular weight is 447 g/mol. The number of hydrogen-bond donors (Lipinski definition) is 2. The van der Waals surface area contributed by atoms with Crippen LogP contribution in [0.2, 0.25) is 0 Å². The zero-order valence-electron chi connectivity index (χ0n) is 19.7. The number of carbonyl (C=O) groups is 2. The molecule has 0 aliphatic heterocycles. The number of carbonyl (C=O) groups excluding carboxylic acids is 2. The van der Waals surface area contributed by atoms with Crippen molar-refractivity contribution in [2.75, 3.05) is 18.5 Å². The van der Waals surface area contributed by atoms with E-state index in [2.05, 4.69) is 35.8 Å². The number of nitrogens with one attached hydrogen (secondary N) is 2. The maximum absolute atomic E-state index is 12.5. The van der Waals surface area contributed by atoms with Gasteiger partial charge >= 0.3 is 6.03 Å². The summed E-state index contributed by atoms with van der Waals surface area (Å²) in [5.74, 6) is 3.15. The van der Waals surface area contributed by atoms with Crippen molar-refractivity contribution in [1.82, 2.24) is 5.32 Å². The van der Waals surface area contributed by atoms with E-state index in [1.54, 1.807) is 0 Å². The van der Waals surface area contributed by atoms with E-state index in [1.165, 1.54) is 17.5 Å². The minimum atomic E-state index is -0.228. The smallest absolute Gasteiger partial charge is 0.319 e. The van der Waals surface area contributed by atoms with Gasteiger partial charge < -0.3 is 15.4 Å². The molecule has 2 saturated carbocycles. The van der Waals surface area contributed by atoms with Crippen molar-refractivity contribution < 1.29 is 14.3 Å². The van der Waals surface area contributed by atoms with Crippen LogP contribution >= 0.6 is 0 Å². The van der Waals surface area contributed by atoms with Crippen LogP contribution in [-0.2, 0) is 11.2 Å². The quantitative estimate of drug-likeness (QED) is 0.586. The minimum absolute atomic E-state index is 0.0690. The van der Waals surface area contributed by atoms with E-state index in [9.17, 15) is 9.59 Å². The van der Waals surface area contributed by atoms with Crippen molar-refractivity contribution in [1.29, 1.82) is 0 Å². The van der Waals surface area contributed by atoms with Crippen LogP contribution in [0.3, 0.4) is 0 Å². The monoisotopic (exact) mass is 446 g/mol. The Morgan fingerprint density at radius 3 is 2.73 bits per heavy atom. The van der Waals surface area contributed by atoms with E-state index < -0.39 is 0 Å². The summed E-state index contributed by atoms with van der Waals surface area (Å²) in [6.07, 6.45) is 6.25. The number of amides is 2. The number of ketones is 1. The zero-order chi connectivity index (χ0) is 23.0. The molecule has 5 rings (SSSR count). The molecular formula is C28H34N2O3. The summed E-state index contributed by atoms with van der Waals surface area (Å²) in [7, 11) is 0. The van der Waals surface area contributed by atoms with Crippen molar-refractivity contribution >= 4 is 17.5 Å². The molecule has 0 bridgehead atoms. The van der Waals surface area contributed by atoms with Gasteiger partial charge in [-0.2, -0.15) is 0 Å². The molecule has 0 radical (unpaired) electrons. The van der Waals surface area contributed by atoms with E-state index in [0.29, 0.717) is 36.7 Å². The van der Waals surface area contributed by atoms with Crippen molar-refractivity contribution in [3.63, 3.8) is 0 Å². The number of hydrogen-bond acceptors (Lipinski definition) is 3. The van der Waals surface area contributed by atoms with E-state index in [1.807, 2.05) is 31.2 Å². The first kappa shape index (κ1) is 22.0. The molecule has 5 nitrogen and oxygen atoms in total. The lowest BCUT2D eigenvalue weighted by atomic mass is 9.55. The normalized spacial score (nSPS) is 27.8. The second-order valence-electron chi connectivity index (χ2n) is 10.3. The lowest BCUT2D eigenvalue weighted by molar-refractivity contribution is -0.129. The van der Waals surface area contributed by atoms with Crippen LogP contribution in [0.25, 0.3) is 0 Å². The molecule has 174 valence electrons. The number of benzene rings is 2. The van der Waals surface area contributed by atoms with E-state index in [0.717, 1.165) is 49.1 Å². The SMILES string of the molecule is Cc1ccc(NC(=O)NCCOc2ccc3c(c2)CC[C@@H]2[C@@H]3CC[C@]3(C)C(=O)CC[C@@H]23)cc1. The fourth-order valence-electron chi connectivity index (χ4n) is 6.57. The fourth-order valence-corrected chi connectivity index (χ4v) is 6.57. The molecule has 0 unspecified atom stereocenters. The first-order valence-electron chi connectivity index (χ1n) is 12.3. The number of Topliss-reactive ketones (excluding diaryl/α,β-unsaturated/α-hetero) is 1. The molecule has 0 saturated heterocycles. The van der Waals surface area contributed by atoms with Crippen LogP contribution in [0, 0.1) is 24.2 Å². The molecule has 3 aliphatic carbocycles. The third-order valence-electron chi connectivity index (χ3n) is 8.37. The van der Waals surface area contributed by atoms with E-state index in [-0.39, 0.29) is 11.4 Å². The van der Waals surface area contributed by atoms with Gasteiger partial charge in [0.15, 0.2) is 0 Å². The molecule has 2 amide bonds. The molecule has 2 aromatic carbocycles. The number of fused-ring (bicyclic) bond motifs is 5. The maximum Gasteiger partial charge on any atom is 0.319 e. The fraction of sp³-hybridized carbons (Fsp3) is 0.500. The van der Waals surface area contributed by atoms with Crippen LogP contribution in [0.4, 0.5) is 10.5 Å². The summed E-state index contributed by atoms with van der Waals surface area (Å²) in [5.41, 5.74) is 4.73. The summed E-state index contributed by atoms with van der Waals surface area (Å²) in [6, 6.07) is 14.0. The molecule has 33 heavy (non-hydrogen) atoms. The molecule has 2 aromatic rings. The standard InChI is InChI=1S/C28H34N2O3/c1-18-3-6-20(7-4-18)30-27(32)29-15-16-33-21-8-10-22-19(17-21)5-9-24-23(22)13-14-28(2)25(24)11-12-26(28)31/h3-4,6-8,10,17,23-25H,5,9,11-16H2,1-2H3,(H2,29,30,32)/t23-,24-,25+,28+/m1/s1. The summed E-state index contributed by atoms with van der Waals surface area (Å²) in [5, 5.41) is 5.67. The van der Waals surface area contributed by atoms with Gasteiger partial charge in [-0.3, -0.25) is 4.79 Å². The highest BCUT2D eigenvalue weighted by molar-refractivity contribution is 5.89. The van der Waals surface area contributed by atoms with Gasteiger partial charge in [-0.05, 0) is 92.2 Å². The first-order chi connectivity index (χ1) is 15.9. The Kier molecular flexibility index (Phi) is 5.90. The van der Waals surface area contributed by atoms with Gasteiger partial charge in [-0.15, -0.1) is 0 Å². The molecule has 2 fully saturated rings. The minimum Gasteiger partial charge on any atom is -0.492 e. The van der Waals surface area contributed by atoms with Gasteiger partial charge in [0.25, 0.3) is 0 Å². The third-order valence-corrected chi connectivity index (χ3v) is 8.37. The third kappa shape index (κ3) is 4.25. The van der Waals surface area contributed by atoms with Gasteiger partial charge in [0.2, 0.25) is 0 Å². The Hall–Kier alpha value is -2.82. The van der Waals surface area contributed by atoms with Gasteiger partial charge in [-0.1, -0.05) is 30.7 Å². The highest BCUT2D eigenvalue weighted by Crippen LogP contribution is 2.59. The van der Waals surface area contributed by atoms with Crippen molar-refractivity contribution in [2.45, 2.75) is 58.3 Å². The predicted octanol–water partition coefficient (Wildman–Crippen LogP) is 5.62. The van der Waals surface area contributed by atoms with Crippen molar-refractivity contribution in [3.05, 3.63) is 59.2 Å². The number of ether oxygens (including phenoxy) is 1. The summed E-state index contributed by atoms with van der Waals surface area (Å²) in [4.78, 5) is 24.6. The second kappa shape index (κ2) is 8.85. The molecule has 0 heterocycles. The summed E-state index contributed by atoms with van der Waals surface area (Å²) < 4.78 is 5.94. The lowest BCUT2D eigenvalue weighted by Gasteiger charge is -2.48. The zero-order valence-corrected chi connectivity index (χ0v) is 19.7. The Bertz CT molecular complexity index is 1050. The highest BCUT2D eigenvalue weighted by atomic mass is 16.5. The average Bonchev–Trinajstić information content (AvgIpc) is 3.12. The largest absolute Gasteiger partial charge is 0.492 e. The van der Waals surface area contributed by atoms with Gasteiger partial charge in [0, 0.05) is 17.5 Å². The molecule has 4 atom stereocenters. The molecule has 3 aliphatic rings. The molecule has 0 spiro atoms. The lowest BCUT2D eigenvalue weighted by Crippen LogP contribution is -2.42. The topological polar surface area (TPSA) is 67.4 Å². The van der Waals surface area contributed by atoms with Crippen LogP contribution < -0.4 is 15.4 Å². The Balaban J connectivity index is 1.14. The number of anilines is 1. The van der Waals surface area contributed by atoms with Crippen LogP contribution in [0.1, 0.15) is 61.6 Å². The predicted molar refractivity (Wildman–Crippen MR) is 130 cm³/mol. The molecular weight excluding hydrogens is 412 g/mol. The highest BCUT2D eigenvalue weighted by Gasteiger charge is 2.54. The van der Waals surface area contributed by atoms with Crippen molar-refractivity contribution in [2.24, 2.45) is 17.3 Å². The first-order valence-corrected chi connectivity index (χ1v) is 12.3. The summed E-state index contributed by atoms with van der Waals surface area (Å²) in [6.45, 7) is 5.11. The number of urea groups is 1. The summed E-state index contributed by atoms with van der Waals surface area (Å²) >= 11 is 0. The van der Waals surface area contributed by atoms with Gasteiger partial charge in [-0.25, -0.2) is 4.79 Å². The van der Waals surface area contributed by atoms with Crippen LogP contribution in [0.5, 0.6) is 5.75 Å². The van der Waals surface area contributed by atoms with Crippen LogP contribution in [-0.4, -0.2) is 25.0 Å². The Morgan fingerprint density at radius 1 is 1.09 bits per heavy atom. The number of rotatable bonds is 5. The molecule has 5 heteroatoms. The molecule has 0 aromatic heterocycles. The Labute approximate surface area is 196 Å². The Morgan fingerprint density at radius 2 is 1.91 bits per heavy atom. The maximum atomic E-state index is 12.5. The molecule has 2 N–H and O–H groups in total. The van der Waals surface area contributed by atoms with Gasteiger partial charge in [0.05, 0.1) is 6.54 Å². The van der Waals surface area contributed by atoms with Crippen molar-refractivity contribution in [3.8, 4) is 5.75 Å².